The summed E-state index contributed by atoms with van der Waals surface area (Å²) in [7, 11) is 0. The lowest BCUT2D eigenvalue weighted by molar-refractivity contribution is 0.302. The molecule has 0 spiro atoms. The Hall–Kier alpha value is -1.47. The maximum atomic E-state index is 5.45. The molecule has 0 amide bonds. The largest absolute Gasteiger partial charge is 0.348 e. The molecule has 1 fully saturated rings. The Kier molecular flexibility index (Phi) is 4.92. The van der Waals surface area contributed by atoms with Crippen molar-refractivity contribution in [2.24, 2.45) is 0 Å². The molecule has 0 aliphatic carbocycles. The van der Waals surface area contributed by atoms with Gasteiger partial charge in [-0.25, -0.2) is 4.98 Å². The zero-order chi connectivity index (χ0) is 17.3. The fraction of sp³-hybridized carbons (Fsp3) is 0.706. The quantitative estimate of drug-likeness (QED) is 0.912. The van der Waals surface area contributed by atoms with Crippen molar-refractivity contribution in [2.45, 2.75) is 65.0 Å². The lowest BCUT2D eigenvalue weighted by Gasteiger charge is -2.33. The SMILES string of the molecule is Cc1csc(N2CCC(N[C@H](C)c3nc(C(C)(C)C)no3)CC2)n1. The first-order valence-corrected chi connectivity index (χ1v) is 9.48. The lowest BCUT2D eigenvalue weighted by atomic mass is 9.96. The van der Waals surface area contributed by atoms with E-state index >= 15 is 0 Å². The van der Waals surface area contributed by atoms with Crippen molar-refractivity contribution in [1.82, 2.24) is 20.4 Å². The topological polar surface area (TPSA) is 67.1 Å². The minimum Gasteiger partial charge on any atom is -0.348 e. The van der Waals surface area contributed by atoms with Crippen molar-refractivity contribution in [3.8, 4) is 0 Å². The zero-order valence-corrected chi connectivity index (χ0v) is 16.0. The highest BCUT2D eigenvalue weighted by Crippen LogP contribution is 2.25. The van der Waals surface area contributed by atoms with E-state index in [0.717, 1.165) is 42.6 Å². The smallest absolute Gasteiger partial charge is 0.243 e. The average Bonchev–Trinajstić information content (AvgIpc) is 3.16. The fourth-order valence-electron chi connectivity index (χ4n) is 2.86. The first-order valence-electron chi connectivity index (χ1n) is 8.60. The molecule has 3 heterocycles. The van der Waals surface area contributed by atoms with Crippen molar-refractivity contribution in [2.75, 3.05) is 18.0 Å². The molecule has 1 aliphatic heterocycles. The van der Waals surface area contributed by atoms with Gasteiger partial charge < -0.3 is 14.7 Å². The summed E-state index contributed by atoms with van der Waals surface area (Å²) in [6, 6.07) is 0.551. The van der Waals surface area contributed by atoms with E-state index in [1.807, 2.05) is 6.92 Å². The second-order valence-electron chi connectivity index (χ2n) is 7.63. The Labute approximate surface area is 147 Å². The number of hydrogen-bond acceptors (Lipinski definition) is 7. The van der Waals surface area contributed by atoms with Crippen LogP contribution in [0, 0.1) is 6.92 Å². The highest BCUT2D eigenvalue weighted by atomic mass is 32.1. The summed E-state index contributed by atoms with van der Waals surface area (Å²) in [5, 5.41) is 11.0. The standard InChI is InChI=1S/C17H27N5OS/c1-11-10-24-16(18-11)22-8-6-13(7-9-22)19-12(2)14-20-15(21-23-14)17(3,4)5/h10,12-13,19H,6-9H2,1-5H3/t12-/m1/s1. The molecule has 0 bridgehead atoms. The fourth-order valence-corrected chi connectivity index (χ4v) is 3.72. The van der Waals surface area contributed by atoms with Crippen LogP contribution < -0.4 is 10.2 Å². The number of rotatable bonds is 4. The minimum atomic E-state index is -0.0847. The summed E-state index contributed by atoms with van der Waals surface area (Å²) in [5.74, 6) is 1.44. The van der Waals surface area contributed by atoms with Gasteiger partial charge in [0.2, 0.25) is 5.89 Å². The van der Waals surface area contributed by atoms with Crippen LogP contribution in [0.1, 0.15) is 64.0 Å². The summed E-state index contributed by atoms with van der Waals surface area (Å²) < 4.78 is 5.45. The van der Waals surface area contributed by atoms with E-state index in [1.165, 1.54) is 0 Å². The number of hydrogen-bond donors (Lipinski definition) is 1. The van der Waals surface area contributed by atoms with Crippen molar-refractivity contribution in [3.05, 3.63) is 22.8 Å². The number of nitrogens with zero attached hydrogens (tertiary/aromatic N) is 4. The molecule has 0 unspecified atom stereocenters. The monoisotopic (exact) mass is 349 g/mol. The van der Waals surface area contributed by atoms with E-state index in [0.29, 0.717) is 11.9 Å². The van der Waals surface area contributed by atoms with Crippen LogP contribution >= 0.6 is 11.3 Å². The number of anilines is 1. The highest BCUT2D eigenvalue weighted by molar-refractivity contribution is 7.13. The molecule has 1 N–H and O–H groups in total. The maximum Gasteiger partial charge on any atom is 0.243 e. The normalized spacial score (nSPS) is 18.1. The Morgan fingerprint density at radius 2 is 2.00 bits per heavy atom. The molecule has 2 aromatic heterocycles. The van der Waals surface area contributed by atoms with Gasteiger partial charge in [0.25, 0.3) is 0 Å². The minimum absolute atomic E-state index is 0.0762. The van der Waals surface area contributed by atoms with Gasteiger partial charge in [-0.15, -0.1) is 11.3 Å². The highest BCUT2D eigenvalue weighted by Gasteiger charge is 2.26. The van der Waals surface area contributed by atoms with Crippen molar-refractivity contribution < 1.29 is 4.52 Å². The molecular formula is C17H27N5OS. The van der Waals surface area contributed by atoms with Crippen LogP contribution in [0.3, 0.4) is 0 Å². The second kappa shape index (κ2) is 6.80. The van der Waals surface area contributed by atoms with E-state index in [4.69, 9.17) is 4.52 Å². The van der Waals surface area contributed by atoms with Gasteiger partial charge in [-0.05, 0) is 26.7 Å². The van der Waals surface area contributed by atoms with E-state index in [-0.39, 0.29) is 11.5 Å². The molecule has 24 heavy (non-hydrogen) atoms. The summed E-state index contributed by atoms with van der Waals surface area (Å²) in [6.45, 7) is 12.5. The third-order valence-corrected chi connectivity index (χ3v) is 5.36. The average molecular weight is 350 g/mol. The van der Waals surface area contributed by atoms with E-state index < -0.39 is 0 Å². The first-order chi connectivity index (χ1) is 11.3. The third-order valence-electron chi connectivity index (χ3n) is 4.34. The Bertz CT molecular complexity index is 667. The van der Waals surface area contributed by atoms with Crippen LogP contribution in [0.15, 0.2) is 9.90 Å². The number of aryl methyl sites for hydroxylation is 1. The van der Waals surface area contributed by atoms with Crippen molar-refractivity contribution in [1.29, 1.82) is 0 Å². The van der Waals surface area contributed by atoms with E-state index in [1.54, 1.807) is 11.3 Å². The molecule has 7 heteroatoms. The number of piperidine rings is 1. The van der Waals surface area contributed by atoms with Gasteiger partial charge in [-0.3, -0.25) is 0 Å². The van der Waals surface area contributed by atoms with Gasteiger partial charge in [-0.1, -0.05) is 25.9 Å². The van der Waals surface area contributed by atoms with Crippen LogP contribution in [0.25, 0.3) is 0 Å². The first kappa shape index (κ1) is 17.4. The van der Waals surface area contributed by atoms with E-state index in [9.17, 15) is 0 Å². The molecule has 132 valence electrons. The molecular weight excluding hydrogens is 322 g/mol. The van der Waals surface area contributed by atoms with Crippen LogP contribution in [0.5, 0.6) is 0 Å². The number of nitrogens with one attached hydrogen (secondary N) is 1. The number of aromatic nitrogens is 3. The predicted molar refractivity (Wildman–Crippen MR) is 96.6 cm³/mol. The second-order valence-corrected chi connectivity index (χ2v) is 8.46. The van der Waals surface area contributed by atoms with Gasteiger partial charge in [0.15, 0.2) is 11.0 Å². The van der Waals surface area contributed by atoms with Crippen molar-refractivity contribution in [3.63, 3.8) is 0 Å². The molecule has 0 saturated carbocycles. The van der Waals surface area contributed by atoms with Gasteiger partial charge in [0.1, 0.15) is 0 Å². The number of thiazole rings is 1. The Balaban J connectivity index is 1.53. The summed E-state index contributed by atoms with van der Waals surface area (Å²) >= 11 is 1.73. The summed E-state index contributed by atoms with van der Waals surface area (Å²) in [4.78, 5) is 11.5. The molecule has 1 aliphatic rings. The van der Waals surface area contributed by atoms with Crippen LogP contribution in [0.4, 0.5) is 5.13 Å². The van der Waals surface area contributed by atoms with Gasteiger partial charge >= 0.3 is 0 Å². The zero-order valence-electron chi connectivity index (χ0n) is 15.2. The molecule has 0 radical (unpaired) electrons. The summed E-state index contributed by atoms with van der Waals surface area (Å²) in [5.41, 5.74) is 1.02. The van der Waals surface area contributed by atoms with Crippen molar-refractivity contribution >= 4 is 16.5 Å². The maximum absolute atomic E-state index is 5.45. The van der Waals surface area contributed by atoms with Gasteiger partial charge in [-0.2, -0.15) is 4.98 Å². The van der Waals surface area contributed by atoms with Crippen LogP contribution in [0.2, 0.25) is 0 Å². The Morgan fingerprint density at radius 1 is 1.29 bits per heavy atom. The molecule has 0 aromatic carbocycles. The molecule has 2 aromatic rings. The molecule has 1 atom stereocenters. The predicted octanol–water partition coefficient (Wildman–Crippen LogP) is 3.45. The molecule has 6 nitrogen and oxygen atoms in total. The van der Waals surface area contributed by atoms with Gasteiger partial charge in [0.05, 0.1) is 11.7 Å². The molecule has 3 rings (SSSR count). The van der Waals surface area contributed by atoms with Crippen LogP contribution in [-0.4, -0.2) is 34.3 Å². The third kappa shape index (κ3) is 3.95. The molecule has 1 saturated heterocycles. The van der Waals surface area contributed by atoms with Crippen LogP contribution in [-0.2, 0) is 5.41 Å². The Morgan fingerprint density at radius 3 is 2.54 bits per heavy atom. The summed E-state index contributed by atoms with van der Waals surface area (Å²) in [6.07, 6.45) is 2.20. The lowest BCUT2D eigenvalue weighted by Crippen LogP contribution is -2.43. The van der Waals surface area contributed by atoms with Gasteiger partial charge in [0, 0.05) is 29.9 Å². The van der Waals surface area contributed by atoms with E-state index in [2.05, 4.69) is 58.4 Å².